The summed E-state index contributed by atoms with van der Waals surface area (Å²) < 4.78 is 7.83. The molecule has 136 valence electrons. The van der Waals surface area contributed by atoms with Gasteiger partial charge in [0, 0.05) is 23.2 Å². The second-order valence-corrected chi connectivity index (χ2v) is 9.08. The van der Waals surface area contributed by atoms with Crippen LogP contribution >= 0.6 is 11.3 Å². The molecule has 0 fully saturated rings. The molecule has 5 aromatic rings. The molecule has 0 aliphatic heterocycles. The van der Waals surface area contributed by atoms with Gasteiger partial charge in [-0.2, -0.15) is 4.85 Å². The van der Waals surface area contributed by atoms with E-state index in [0.717, 1.165) is 31.6 Å². The zero-order valence-corrected chi connectivity index (χ0v) is 16.7. The zero-order valence-electron chi connectivity index (χ0n) is 15.9. The predicted octanol–water partition coefficient (Wildman–Crippen LogP) is 7.71. The van der Waals surface area contributed by atoms with E-state index < -0.39 is 0 Å². The number of hydrogen-bond acceptors (Lipinski definition) is 3. The van der Waals surface area contributed by atoms with Gasteiger partial charge in [-0.15, -0.1) is 11.3 Å². The van der Waals surface area contributed by atoms with Crippen LogP contribution < -0.4 is 0 Å². The minimum Gasteiger partial charge on any atom is -0.478 e. The molecule has 2 aromatic carbocycles. The molecule has 28 heavy (non-hydrogen) atoms. The van der Waals surface area contributed by atoms with E-state index in [1.54, 1.807) is 11.3 Å². The monoisotopic (exact) mass is 382 g/mol. The highest BCUT2D eigenvalue weighted by Gasteiger charge is 2.20. The van der Waals surface area contributed by atoms with Gasteiger partial charge in [0.2, 0.25) is 0 Å². The summed E-state index contributed by atoms with van der Waals surface area (Å²) in [6.07, 6.45) is 1.83. The molecule has 5 rings (SSSR count). The number of fused-ring (bicyclic) bond motifs is 4. The average molecular weight is 382 g/mol. The highest BCUT2D eigenvalue weighted by molar-refractivity contribution is 7.26. The summed E-state index contributed by atoms with van der Waals surface area (Å²) in [5, 5.41) is 3.53. The Morgan fingerprint density at radius 3 is 2.64 bits per heavy atom. The van der Waals surface area contributed by atoms with Gasteiger partial charge in [-0.25, -0.2) is 0 Å². The van der Waals surface area contributed by atoms with Crippen molar-refractivity contribution in [3.8, 4) is 11.3 Å². The summed E-state index contributed by atoms with van der Waals surface area (Å²) in [7, 11) is 0. The summed E-state index contributed by atoms with van der Waals surface area (Å²) in [5.41, 5.74) is 4.20. The number of hydrogen-bond donors (Lipinski definition) is 0. The maximum Gasteiger partial charge on any atom is 0.347 e. The van der Waals surface area contributed by atoms with E-state index in [1.807, 2.05) is 18.3 Å². The van der Waals surface area contributed by atoms with E-state index in [0.29, 0.717) is 5.88 Å². The maximum absolute atomic E-state index is 7.18. The quantitative estimate of drug-likeness (QED) is 0.278. The molecule has 3 aromatic heterocycles. The topological polar surface area (TPSA) is 30.4 Å². The van der Waals surface area contributed by atoms with E-state index in [2.05, 4.69) is 62.0 Å². The molecule has 0 unspecified atom stereocenters. The summed E-state index contributed by atoms with van der Waals surface area (Å²) in [4.78, 5) is 8.15. The number of nitrogens with zero attached hydrogens (tertiary/aromatic N) is 2. The minimum atomic E-state index is 0.0249. The molecule has 0 aliphatic rings. The molecule has 3 heterocycles. The Balaban J connectivity index is 1.83. The van der Waals surface area contributed by atoms with Crippen LogP contribution in [0.3, 0.4) is 0 Å². The van der Waals surface area contributed by atoms with Crippen molar-refractivity contribution in [2.75, 3.05) is 0 Å². The Bertz CT molecular complexity index is 1410. The Labute approximate surface area is 167 Å². The average Bonchev–Trinajstić information content (AvgIpc) is 3.23. The fourth-order valence-electron chi connectivity index (χ4n) is 3.79. The van der Waals surface area contributed by atoms with Crippen LogP contribution in [0.25, 0.3) is 47.2 Å². The Hall–Kier alpha value is -3.16. The molecule has 0 aliphatic carbocycles. The first-order valence-corrected chi connectivity index (χ1v) is 9.99. The Morgan fingerprint density at radius 2 is 1.86 bits per heavy atom. The van der Waals surface area contributed by atoms with Crippen molar-refractivity contribution >= 4 is 48.4 Å². The van der Waals surface area contributed by atoms with E-state index in [9.17, 15) is 0 Å². The van der Waals surface area contributed by atoms with Crippen LogP contribution in [0, 0.1) is 6.57 Å². The normalized spacial score (nSPS) is 12.1. The third-order valence-corrected chi connectivity index (χ3v) is 6.24. The van der Waals surface area contributed by atoms with Crippen molar-refractivity contribution in [1.29, 1.82) is 0 Å². The van der Waals surface area contributed by atoms with Gasteiger partial charge in [0.15, 0.2) is 0 Å². The molecule has 0 radical (unpaired) electrons. The van der Waals surface area contributed by atoms with E-state index in [1.165, 1.54) is 16.3 Å². The molecule has 0 saturated carbocycles. The lowest BCUT2D eigenvalue weighted by Gasteiger charge is -2.22. The first-order chi connectivity index (χ1) is 13.5. The van der Waals surface area contributed by atoms with Crippen molar-refractivity contribution in [2.24, 2.45) is 0 Å². The van der Waals surface area contributed by atoms with Crippen LogP contribution in [0.2, 0.25) is 0 Å². The van der Waals surface area contributed by atoms with Gasteiger partial charge in [-0.3, -0.25) is 4.98 Å². The van der Waals surface area contributed by atoms with Gasteiger partial charge >= 0.3 is 5.88 Å². The van der Waals surface area contributed by atoms with E-state index >= 15 is 0 Å². The van der Waals surface area contributed by atoms with Crippen LogP contribution in [0.5, 0.6) is 0 Å². The Morgan fingerprint density at radius 1 is 1.04 bits per heavy atom. The lowest BCUT2D eigenvalue weighted by Crippen LogP contribution is -2.12. The third-order valence-electron chi connectivity index (χ3n) is 5.10. The number of benzene rings is 2. The molecule has 0 atom stereocenters. The minimum absolute atomic E-state index is 0.0249. The number of pyridine rings is 1. The van der Waals surface area contributed by atoms with Crippen LogP contribution in [0.4, 0.5) is 5.88 Å². The zero-order chi connectivity index (χ0) is 19.5. The first-order valence-electron chi connectivity index (χ1n) is 9.18. The molecule has 0 bridgehead atoms. The van der Waals surface area contributed by atoms with Gasteiger partial charge in [0.25, 0.3) is 0 Å². The van der Waals surface area contributed by atoms with Crippen molar-refractivity contribution < 1.29 is 4.42 Å². The van der Waals surface area contributed by atoms with Gasteiger partial charge in [-0.1, -0.05) is 45.0 Å². The highest BCUT2D eigenvalue weighted by Crippen LogP contribution is 2.43. The second kappa shape index (κ2) is 5.92. The smallest absolute Gasteiger partial charge is 0.347 e. The molecule has 0 N–H and O–H groups in total. The van der Waals surface area contributed by atoms with Gasteiger partial charge in [0.05, 0.1) is 21.7 Å². The van der Waals surface area contributed by atoms with Crippen LogP contribution in [0.15, 0.2) is 59.1 Å². The second-order valence-electron chi connectivity index (χ2n) is 8.02. The van der Waals surface area contributed by atoms with Crippen molar-refractivity contribution in [3.05, 3.63) is 71.7 Å². The van der Waals surface area contributed by atoms with Crippen molar-refractivity contribution in [1.82, 2.24) is 4.98 Å². The number of furan rings is 1. The lowest BCUT2D eigenvalue weighted by molar-refractivity contribution is 0.596. The molecule has 4 heteroatoms. The number of rotatable bonds is 1. The van der Waals surface area contributed by atoms with Crippen LogP contribution in [-0.4, -0.2) is 4.98 Å². The number of aromatic nitrogens is 1. The van der Waals surface area contributed by atoms with Gasteiger partial charge in [-0.05, 0) is 39.9 Å². The van der Waals surface area contributed by atoms with Crippen LogP contribution in [-0.2, 0) is 5.41 Å². The number of thiophene rings is 1. The predicted molar refractivity (Wildman–Crippen MR) is 117 cm³/mol. The molecular formula is C24H18N2OS. The highest BCUT2D eigenvalue weighted by atomic mass is 32.1. The Kier molecular flexibility index (Phi) is 3.59. The van der Waals surface area contributed by atoms with E-state index in [-0.39, 0.29) is 5.41 Å². The van der Waals surface area contributed by atoms with Crippen molar-refractivity contribution in [3.63, 3.8) is 0 Å². The van der Waals surface area contributed by atoms with Crippen molar-refractivity contribution in [2.45, 2.75) is 26.2 Å². The van der Waals surface area contributed by atoms with E-state index in [4.69, 9.17) is 16.0 Å². The SMILES string of the molecule is [C-]#[N+]c1cc2sc3c(-c4cc(C(C)(C)C)c5ccccc5c4)nccc3c2o1. The maximum atomic E-state index is 7.18. The largest absolute Gasteiger partial charge is 0.478 e. The molecule has 3 nitrogen and oxygen atoms in total. The molecule has 0 amide bonds. The summed E-state index contributed by atoms with van der Waals surface area (Å²) in [5.74, 6) is 0.335. The summed E-state index contributed by atoms with van der Waals surface area (Å²) in [6, 6.07) is 16.8. The summed E-state index contributed by atoms with van der Waals surface area (Å²) in [6.45, 7) is 13.9. The van der Waals surface area contributed by atoms with Crippen LogP contribution in [0.1, 0.15) is 26.3 Å². The lowest BCUT2D eigenvalue weighted by atomic mass is 9.82. The van der Waals surface area contributed by atoms with Gasteiger partial charge < -0.3 is 4.42 Å². The fraction of sp³-hybridized carbons (Fsp3) is 0.167. The third kappa shape index (κ3) is 2.51. The summed E-state index contributed by atoms with van der Waals surface area (Å²) >= 11 is 1.64. The fourth-order valence-corrected chi connectivity index (χ4v) is 4.96. The molecular weight excluding hydrogens is 364 g/mol. The first kappa shape index (κ1) is 17.0. The van der Waals surface area contributed by atoms with Gasteiger partial charge in [0.1, 0.15) is 5.58 Å². The molecule has 0 saturated heterocycles. The standard InChI is InChI=1S/C24H18N2OS/c1-24(2,3)18-12-15(11-14-7-5-6-8-16(14)18)21-23-17(9-10-26-21)22-19(28-23)13-20(25-4)27-22/h5-13H,1-3H3. The molecule has 0 spiro atoms.